The van der Waals surface area contributed by atoms with Crippen molar-refractivity contribution in [3.05, 3.63) is 21.3 Å². The van der Waals surface area contributed by atoms with Crippen molar-refractivity contribution in [3.63, 3.8) is 0 Å². The highest BCUT2D eigenvalue weighted by Crippen LogP contribution is 2.28. The van der Waals surface area contributed by atoms with Crippen molar-refractivity contribution in [2.45, 2.75) is 5.92 Å². The maximum atomic E-state index is 11.0. The Balaban J connectivity index is 2.83. The molecule has 1 heterocycles. The third-order valence-corrected chi connectivity index (χ3v) is 3.13. The van der Waals surface area contributed by atoms with Gasteiger partial charge in [-0.2, -0.15) is 0 Å². The van der Waals surface area contributed by atoms with Gasteiger partial charge in [-0.25, -0.2) is 0 Å². The average molecular weight is 234 g/mol. The topological polar surface area (TPSA) is 40.5 Å². The highest BCUT2D eigenvalue weighted by molar-refractivity contribution is 7.16. The molecule has 0 amide bonds. The van der Waals surface area contributed by atoms with E-state index in [1.165, 1.54) is 11.3 Å². The van der Waals surface area contributed by atoms with Crippen LogP contribution in [0.1, 0.15) is 10.8 Å². The van der Waals surface area contributed by atoms with Gasteiger partial charge in [0.1, 0.15) is 5.92 Å². The Morgan fingerprint density at radius 2 is 2.29 bits per heavy atom. The fraction of sp³-hybridized carbons (Fsp3) is 0.444. The molecule has 1 aromatic rings. The molecule has 0 aliphatic carbocycles. The molecule has 1 atom stereocenters. The molecule has 14 heavy (non-hydrogen) atoms. The van der Waals surface area contributed by atoms with Gasteiger partial charge in [-0.15, -0.1) is 11.3 Å². The maximum absolute atomic E-state index is 11.0. The molecule has 0 aliphatic heterocycles. The van der Waals surface area contributed by atoms with Crippen LogP contribution in [0, 0.1) is 0 Å². The molecule has 1 N–H and O–H groups in total. The molecule has 3 nitrogen and oxygen atoms in total. The number of thiophene rings is 1. The lowest BCUT2D eigenvalue weighted by atomic mass is 10.1. The van der Waals surface area contributed by atoms with Crippen LogP contribution in [0.4, 0.5) is 0 Å². The van der Waals surface area contributed by atoms with Gasteiger partial charge in [-0.1, -0.05) is 11.6 Å². The summed E-state index contributed by atoms with van der Waals surface area (Å²) >= 11 is 7.08. The molecule has 1 aromatic heterocycles. The summed E-state index contributed by atoms with van der Waals surface area (Å²) in [6.45, 7) is 0.492. The molecule has 1 rings (SSSR count). The number of carboxylic acids is 1. The van der Waals surface area contributed by atoms with Gasteiger partial charge in [0.2, 0.25) is 0 Å². The number of halogens is 1. The number of hydrogen-bond donors (Lipinski definition) is 1. The van der Waals surface area contributed by atoms with Crippen molar-refractivity contribution in [1.82, 2.24) is 4.90 Å². The van der Waals surface area contributed by atoms with E-state index in [1.54, 1.807) is 12.1 Å². The lowest BCUT2D eigenvalue weighted by molar-refractivity contribution is -0.139. The fourth-order valence-corrected chi connectivity index (χ4v) is 2.32. The Hall–Kier alpha value is -0.580. The Morgan fingerprint density at radius 3 is 2.64 bits per heavy atom. The minimum atomic E-state index is -0.808. The van der Waals surface area contributed by atoms with Crippen LogP contribution in [0.2, 0.25) is 4.34 Å². The van der Waals surface area contributed by atoms with Crippen molar-refractivity contribution >= 4 is 28.9 Å². The van der Waals surface area contributed by atoms with Crippen LogP contribution in [-0.2, 0) is 4.79 Å². The van der Waals surface area contributed by atoms with Crippen LogP contribution in [0.25, 0.3) is 0 Å². The first-order valence-corrected chi connectivity index (χ1v) is 5.33. The Bertz CT molecular complexity index is 324. The summed E-state index contributed by atoms with van der Waals surface area (Å²) in [5.74, 6) is -1.29. The molecule has 0 saturated heterocycles. The van der Waals surface area contributed by atoms with E-state index in [0.29, 0.717) is 10.9 Å². The molecule has 0 spiro atoms. The summed E-state index contributed by atoms with van der Waals surface area (Å²) in [5.41, 5.74) is 0. The summed E-state index contributed by atoms with van der Waals surface area (Å²) in [7, 11) is 3.70. The highest BCUT2D eigenvalue weighted by Gasteiger charge is 2.22. The van der Waals surface area contributed by atoms with Crippen LogP contribution in [0.5, 0.6) is 0 Å². The van der Waals surface area contributed by atoms with E-state index in [1.807, 2.05) is 19.0 Å². The lowest BCUT2D eigenvalue weighted by Gasteiger charge is -2.15. The molecular weight excluding hydrogens is 222 g/mol. The second kappa shape index (κ2) is 4.77. The minimum absolute atomic E-state index is 0.484. The third kappa shape index (κ3) is 2.97. The number of aliphatic carboxylic acids is 1. The number of nitrogens with zero attached hydrogens (tertiary/aromatic N) is 1. The van der Waals surface area contributed by atoms with E-state index in [4.69, 9.17) is 16.7 Å². The zero-order valence-corrected chi connectivity index (χ0v) is 9.60. The Labute approximate surface area is 91.9 Å². The maximum Gasteiger partial charge on any atom is 0.313 e. The van der Waals surface area contributed by atoms with E-state index in [-0.39, 0.29) is 0 Å². The largest absolute Gasteiger partial charge is 0.481 e. The van der Waals surface area contributed by atoms with Crippen LogP contribution in [-0.4, -0.2) is 36.6 Å². The molecule has 0 saturated carbocycles. The standard InChI is InChI=1S/C9H12ClNO2S/c1-11(2)5-6(9(12)13)7-3-4-8(10)14-7/h3-4,6H,5H2,1-2H3,(H,12,13). The van der Waals surface area contributed by atoms with Gasteiger partial charge in [-0.3, -0.25) is 4.79 Å². The number of carboxylic acid groups (broad SMARTS) is 1. The monoisotopic (exact) mass is 233 g/mol. The third-order valence-electron chi connectivity index (χ3n) is 1.78. The van der Waals surface area contributed by atoms with Gasteiger partial charge in [-0.05, 0) is 26.2 Å². The Morgan fingerprint density at radius 1 is 1.64 bits per heavy atom. The predicted octanol–water partition coefficient (Wildman–Crippen LogP) is 2.13. The first kappa shape index (κ1) is 11.5. The van der Waals surface area contributed by atoms with Crippen molar-refractivity contribution in [3.8, 4) is 0 Å². The first-order valence-electron chi connectivity index (χ1n) is 4.13. The second-order valence-corrected chi connectivity index (χ2v) is 5.04. The fourth-order valence-electron chi connectivity index (χ4n) is 1.17. The van der Waals surface area contributed by atoms with E-state index < -0.39 is 11.9 Å². The molecule has 0 aliphatic rings. The Kier molecular flexibility index (Phi) is 3.92. The van der Waals surface area contributed by atoms with Gasteiger partial charge in [0, 0.05) is 11.4 Å². The van der Waals surface area contributed by atoms with Crippen molar-refractivity contribution in [2.24, 2.45) is 0 Å². The highest BCUT2D eigenvalue weighted by atomic mass is 35.5. The zero-order chi connectivity index (χ0) is 10.7. The molecule has 78 valence electrons. The average Bonchev–Trinajstić information content (AvgIpc) is 2.46. The van der Waals surface area contributed by atoms with E-state index in [2.05, 4.69) is 0 Å². The molecule has 0 bridgehead atoms. The lowest BCUT2D eigenvalue weighted by Crippen LogP contribution is -2.25. The van der Waals surface area contributed by atoms with Crippen LogP contribution in [0.15, 0.2) is 12.1 Å². The number of carbonyl (C=O) groups is 1. The van der Waals surface area contributed by atoms with Crippen molar-refractivity contribution in [2.75, 3.05) is 20.6 Å². The molecule has 5 heteroatoms. The first-order chi connectivity index (χ1) is 6.50. The normalized spacial score (nSPS) is 13.1. The van der Waals surface area contributed by atoms with Crippen LogP contribution >= 0.6 is 22.9 Å². The smallest absolute Gasteiger partial charge is 0.313 e. The van der Waals surface area contributed by atoms with Crippen molar-refractivity contribution < 1.29 is 9.90 Å². The molecular formula is C9H12ClNO2S. The SMILES string of the molecule is CN(C)CC(C(=O)O)c1ccc(Cl)s1. The summed E-state index contributed by atoms with van der Waals surface area (Å²) in [6.07, 6.45) is 0. The number of rotatable bonds is 4. The van der Waals surface area contributed by atoms with Gasteiger partial charge in [0.15, 0.2) is 0 Å². The summed E-state index contributed by atoms with van der Waals surface area (Å²) in [6, 6.07) is 3.50. The van der Waals surface area contributed by atoms with Gasteiger partial charge in [0.05, 0.1) is 4.34 Å². The van der Waals surface area contributed by atoms with Gasteiger partial charge < -0.3 is 10.0 Å². The summed E-state index contributed by atoms with van der Waals surface area (Å²) in [5, 5.41) is 9.02. The van der Waals surface area contributed by atoms with Gasteiger partial charge in [0.25, 0.3) is 0 Å². The summed E-state index contributed by atoms with van der Waals surface area (Å²) in [4.78, 5) is 13.6. The molecule has 0 fully saturated rings. The minimum Gasteiger partial charge on any atom is -0.481 e. The second-order valence-electron chi connectivity index (χ2n) is 3.29. The van der Waals surface area contributed by atoms with Crippen molar-refractivity contribution in [1.29, 1.82) is 0 Å². The molecule has 0 radical (unpaired) electrons. The number of hydrogen-bond acceptors (Lipinski definition) is 3. The zero-order valence-electron chi connectivity index (χ0n) is 8.03. The predicted molar refractivity (Wildman–Crippen MR) is 58.3 cm³/mol. The molecule has 1 unspecified atom stereocenters. The van der Waals surface area contributed by atoms with Gasteiger partial charge >= 0.3 is 5.97 Å². The quantitative estimate of drug-likeness (QED) is 0.866. The number of likely N-dealkylation sites (N-methyl/N-ethyl adjacent to an activating group) is 1. The van der Waals surface area contributed by atoms with Crippen LogP contribution < -0.4 is 0 Å². The molecule has 0 aromatic carbocycles. The summed E-state index contributed by atoms with van der Waals surface area (Å²) < 4.78 is 0.630. The van der Waals surface area contributed by atoms with E-state index in [0.717, 1.165) is 4.88 Å². The van der Waals surface area contributed by atoms with Crippen LogP contribution in [0.3, 0.4) is 0 Å². The van der Waals surface area contributed by atoms with E-state index in [9.17, 15) is 4.79 Å². The van der Waals surface area contributed by atoms with E-state index >= 15 is 0 Å².